The second-order valence-electron chi connectivity index (χ2n) is 4.87. The van der Waals surface area contributed by atoms with E-state index in [4.69, 9.17) is 5.84 Å². The van der Waals surface area contributed by atoms with Crippen LogP contribution >= 0.6 is 11.3 Å². The predicted molar refractivity (Wildman–Crippen MR) is 85.6 cm³/mol. The summed E-state index contributed by atoms with van der Waals surface area (Å²) >= 11 is 1.67. The number of hydrogen-bond donors (Lipinski definition) is 3. The van der Waals surface area contributed by atoms with E-state index >= 15 is 0 Å². The van der Waals surface area contributed by atoms with Crippen LogP contribution in [0, 0.1) is 13.8 Å². The molecule has 1 atom stereocenters. The van der Waals surface area contributed by atoms with Gasteiger partial charge >= 0.3 is 0 Å². The summed E-state index contributed by atoms with van der Waals surface area (Å²) in [7, 11) is 3.72. The van der Waals surface area contributed by atoms with Crippen LogP contribution in [0.2, 0.25) is 0 Å². The lowest BCUT2D eigenvalue weighted by Crippen LogP contribution is -2.19. The van der Waals surface area contributed by atoms with E-state index in [1.807, 2.05) is 27.9 Å². The fourth-order valence-corrected chi connectivity index (χ4v) is 2.83. The second-order valence-corrected chi connectivity index (χ2v) is 6.10. The molecule has 0 saturated heterocycles. The Morgan fingerprint density at radius 1 is 1.10 bits per heavy atom. The molecule has 1 unspecified atom stereocenters. The maximum atomic E-state index is 5.40. The summed E-state index contributed by atoms with van der Waals surface area (Å²) in [5.41, 5.74) is 3.48. The van der Waals surface area contributed by atoms with E-state index in [0.717, 1.165) is 10.7 Å². The molecule has 9 heteroatoms. The summed E-state index contributed by atoms with van der Waals surface area (Å²) in [6, 6.07) is 0.0548. The summed E-state index contributed by atoms with van der Waals surface area (Å²) in [6.07, 6.45) is 0. The third-order valence-corrected chi connectivity index (χ3v) is 4.09. The molecule has 0 spiro atoms. The smallest absolute Gasteiger partial charge is 0.243 e. The zero-order chi connectivity index (χ0) is 15.6. The van der Waals surface area contributed by atoms with Crippen LogP contribution in [-0.2, 0) is 0 Å². The standard InChI is InChI=1S/C12H20N8S/c1-6-9(21-8(3)14-6)7(2)15-10-16-11(19-13)18-12(17-10)20(4)5/h7H,13H2,1-5H3,(H2,15,16,17,18,19). The highest BCUT2D eigenvalue weighted by Crippen LogP contribution is 2.27. The summed E-state index contributed by atoms with van der Waals surface area (Å²) in [6.45, 7) is 6.05. The van der Waals surface area contributed by atoms with E-state index in [9.17, 15) is 0 Å². The van der Waals surface area contributed by atoms with Crippen molar-refractivity contribution in [1.82, 2.24) is 19.9 Å². The van der Waals surface area contributed by atoms with Gasteiger partial charge in [0.25, 0.3) is 0 Å². The minimum absolute atomic E-state index is 0.0548. The Hall–Kier alpha value is -2.00. The highest BCUT2D eigenvalue weighted by Gasteiger charge is 2.15. The number of rotatable bonds is 5. The van der Waals surface area contributed by atoms with Crippen LogP contribution in [-0.4, -0.2) is 34.0 Å². The first-order chi connectivity index (χ1) is 9.90. The largest absolute Gasteiger partial charge is 0.347 e. The molecule has 0 amide bonds. The number of nitrogens with two attached hydrogens (primary N) is 1. The second kappa shape index (κ2) is 6.19. The lowest BCUT2D eigenvalue weighted by atomic mass is 10.2. The number of nitrogens with one attached hydrogen (secondary N) is 2. The monoisotopic (exact) mass is 308 g/mol. The van der Waals surface area contributed by atoms with Gasteiger partial charge in [0.15, 0.2) is 0 Å². The first-order valence-corrected chi connectivity index (χ1v) is 7.33. The van der Waals surface area contributed by atoms with Crippen LogP contribution < -0.4 is 21.5 Å². The maximum absolute atomic E-state index is 5.40. The molecule has 0 aliphatic carbocycles. The van der Waals surface area contributed by atoms with Gasteiger partial charge in [-0.25, -0.2) is 10.8 Å². The molecule has 0 saturated carbocycles. The molecular formula is C12H20N8S. The van der Waals surface area contributed by atoms with Crippen LogP contribution in [0.15, 0.2) is 0 Å². The average molecular weight is 308 g/mol. The first-order valence-electron chi connectivity index (χ1n) is 6.51. The Balaban J connectivity index is 2.26. The maximum Gasteiger partial charge on any atom is 0.243 e. The van der Waals surface area contributed by atoms with Crippen molar-refractivity contribution >= 4 is 29.2 Å². The van der Waals surface area contributed by atoms with Crippen molar-refractivity contribution in [3.63, 3.8) is 0 Å². The molecule has 0 aromatic carbocycles. The third kappa shape index (κ3) is 3.56. The van der Waals surface area contributed by atoms with E-state index in [1.54, 1.807) is 16.2 Å². The first kappa shape index (κ1) is 15.4. The minimum Gasteiger partial charge on any atom is -0.347 e. The van der Waals surface area contributed by atoms with Gasteiger partial charge < -0.3 is 10.2 Å². The van der Waals surface area contributed by atoms with Gasteiger partial charge in [-0.3, -0.25) is 5.43 Å². The van der Waals surface area contributed by atoms with Crippen LogP contribution in [0.25, 0.3) is 0 Å². The van der Waals surface area contributed by atoms with Crippen LogP contribution in [0.4, 0.5) is 17.8 Å². The van der Waals surface area contributed by atoms with Gasteiger partial charge in [0.1, 0.15) is 0 Å². The lowest BCUT2D eigenvalue weighted by molar-refractivity contribution is 0.852. The lowest BCUT2D eigenvalue weighted by Gasteiger charge is -2.16. The molecule has 0 aliphatic rings. The molecule has 2 aromatic rings. The molecular weight excluding hydrogens is 288 g/mol. The molecule has 8 nitrogen and oxygen atoms in total. The van der Waals surface area contributed by atoms with Crippen molar-refractivity contribution in [3.8, 4) is 0 Å². The summed E-state index contributed by atoms with van der Waals surface area (Å²) in [5, 5.41) is 4.31. The summed E-state index contributed by atoms with van der Waals surface area (Å²) < 4.78 is 0. The van der Waals surface area contributed by atoms with Crippen molar-refractivity contribution in [3.05, 3.63) is 15.6 Å². The predicted octanol–water partition coefficient (Wildman–Crippen LogP) is 1.47. The molecule has 2 aromatic heterocycles. The van der Waals surface area contributed by atoms with Crippen LogP contribution in [0.1, 0.15) is 28.5 Å². The molecule has 0 radical (unpaired) electrons. The number of hydrazine groups is 1. The van der Waals surface area contributed by atoms with Gasteiger partial charge in [-0.15, -0.1) is 11.3 Å². The summed E-state index contributed by atoms with van der Waals surface area (Å²) in [4.78, 5) is 20.2. The van der Waals surface area contributed by atoms with Crippen molar-refractivity contribution in [1.29, 1.82) is 0 Å². The SMILES string of the molecule is Cc1nc(C)c(C(C)Nc2nc(NN)nc(N(C)C)n2)s1. The van der Waals surface area contributed by atoms with E-state index in [-0.39, 0.29) is 6.04 Å². The molecule has 0 bridgehead atoms. The van der Waals surface area contributed by atoms with Crippen LogP contribution in [0.3, 0.4) is 0 Å². The molecule has 2 heterocycles. The van der Waals surface area contributed by atoms with Gasteiger partial charge in [0.05, 0.1) is 16.7 Å². The number of anilines is 3. The number of nitrogens with zero attached hydrogens (tertiary/aromatic N) is 5. The van der Waals surface area contributed by atoms with Crippen molar-refractivity contribution in [2.75, 3.05) is 29.7 Å². The zero-order valence-corrected chi connectivity index (χ0v) is 13.6. The average Bonchev–Trinajstić information content (AvgIpc) is 2.77. The van der Waals surface area contributed by atoms with Gasteiger partial charge in [0.2, 0.25) is 17.8 Å². The van der Waals surface area contributed by atoms with Crippen LogP contribution in [0.5, 0.6) is 0 Å². The number of thiazole rings is 1. The highest BCUT2D eigenvalue weighted by molar-refractivity contribution is 7.11. The Labute approximate surface area is 127 Å². The van der Waals surface area contributed by atoms with E-state index in [2.05, 4.69) is 37.6 Å². The quantitative estimate of drug-likeness (QED) is 0.563. The van der Waals surface area contributed by atoms with Gasteiger partial charge in [0, 0.05) is 19.0 Å². The number of hydrogen-bond acceptors (Lipinski definition) is 9. The van der Waals surface area contributed by atoms with Gasteiger partial charge in [-0.1, -0.05) is 0 Å². The number of nitrogen functional groups attached to an aromatic ring is 1. The van der Waals surface area contributed by atoms with Crippen molar-refractivity contribution in [2.45, 2.75) is 26.8 Å². The molecule has 0 aliphatic heterocycles. The van der Waals surface area contributed by atoms with E-state index in [1.165, 1.54) is 4.88 Å². The molecule has 114 valence electrons. The summed E-state index contributed by atoms with van der Waals surface area (Å²) in [5.74, 6) is 6.72. The Bertz CT molecular complexity index is 624. The third-order valence-electron chi connectivity index (χ3n) is 2.83. The molecule has 21 heavy (non-hydrogen) atoms. The number of aryl methyl sites for hydroxylation is 2. The Kier molecular flexibility index (Phi) is 4.53. The van der Waals surface area contributed by atoms with Crippen molar-refractivity contribution < 1.29 is 0 Å². The van der Waals surface area contributed by atoms with E-state index in [0.29, 0.717) is 17.8 Å². The Morgan fingerprint density at radius 3 is 2.29 bits per heavy atom. The fourth-order valence-electron chi connectivity index (χ4n) is 1.90. The highest BCUT2D eigenvalue weighted by atomic mass is 32.1. The van der Waals surface area contributed by atoms with Gasteiger partial charge in [-0.05, 0) is 20.8 Å². The Morgan fingerprint density at radius 2 is 1.76 bits per heavy atom. The van der Waals surface area contributed by atoms with Crippen molar-refractivity contribution in [2.24, 2.45) is 5.84 Å². The topological polar surface area (TPSA) is 105 Å². The minimum atomic E-state index is 0.0548. The number of aromatic nitrogens is 4. The molecule has 4 N–H and O–H groups in total. The van der Waals surface area contributed by atoms with E-state index < -0.39 is 0 Å². The zero-order valence-electron chi connectivity index (χ0n) is 12.8. The van der Waals surface area contributed by atoms with Gasteiger partial charge in [-0.2, -0.15) is 15.0 Å². The molecule has 0 fully saturated rings. The fraction of sp³-hybridized carbons (Fsp3) is 0.500. The molecule has 2 rings (SSSR count). The normalized spacial score (nSPS) is 12.1.